The number of rotatable bonds is 6. The van der Waals surface area contributed by atoms with Gasteiger partial charge in [-0.2, -0.15) is 0 Å². The molecule has 0 atom stereocenters. The second kappa shape index (κ2) is 8.71. The number of hydrogen-bond donors (Lipinski definition) is 1. The Morgan fingerprint density at radius 2 is 1.52 bits per heavy atom. The molecule has 0 radical (unpaired) electrons. The van der Waals surface area contributed by atoms with E-state index in [2.05, 4.69) is 10.3 Å². The van der Waals surface area contributed by atoms with Crippen molar-refractivity contribution in [1.82, 2.24) is 14.9 Å². The summed E-state index contributed by atoms with van der Waals surface area (Å²) in [6, 6.07) is 21.1. The van der Waals surface area contributed by atoms with Gasteiger partial charge in [-0.05, 0) is 60.7 Å². The fraction of sp³-hybridized carbons (Fsp3) is 0.125. The van der Waals surface area contributed by atoms with Crippen LogP contribution in [0.1, 0.15) is 16.2 Å². The van der Waals surface area contributed by atoms with E-state index in [0.717, 1.165) is 0 Å². The van der Waals surface area contributed by atoms with Crippen molar-refractivity contribution in [3.63, 3.8) is 0 Å². The van der Waals surface area contributed by atoms with Crippen LogP contribution in [-0.2, 0) is 6.54 Å². The smallest absolute Gasteiger partial charge is 0.266 e. The molecule has 0 saturated carbocycles. The van der Waals surface area contributed by atoms with Crippen LogP contribution in [0.4, 0.5) is 0 Å². The standard InChI is InChI=1S/C24H21N3O4/c1-30-18-11-7-16(8-12-18)23(28)25-15-22-26-21-6-4-3-5-20(21)24(29)27(22)17-9-13-19(31-2)14-10-17/h3-14H,15H2,1-2H3,(H,25,28). The van der Waals surface area contributed by atoms with Gasteiger partial charge in [0.05, 0.1) is 37.4 Å². The summed E-state index contributed by atoms with van der Waals surface area (Å²) in [5.74, 6) is 1.50. The molecule has 1 aromatic heterocycles. The van der Waals surface area contributed by atoms with Crippen molar-refractivity contribution in [2.24, 2.45) is 0 Å². The van der Waals surface area contributed by atoms with Crippen LogP contribution in [0.5, 0.6) is 11.5 Å². The Bertz CT molecular complexity index is 1280. The van der Waals surface area contributed by atoms with Crippen molar-refractivity contribution in [3.8, 4) is 17.2 Å². The summed E-state index contributed by atoms with van der Waals surface area (Å²) < 4.78 is 11.8. The Labute approximate surface area is 178 Å². The Balaban J connectivity index is 1.71. The van der Waals surface area contributed by atoms with Gasteiger partial charge in [-0.3, -0.25) is 14.2 Å². The van der Waals surface area contributed by atoms with Crippen LogP contribution in [0.25, 0.3) is 16.6 Å². The van der Waals surface area contributed by atoms with Crippen LogP contribution in [0.3, 0.4) is 0 Å². The molecule has 1 N–H and O–H groups in total. The third-order valence-corrected chi connectivity index (χ3v) is 4.94. The van der Waals surface area contributed by atoms with Crippen LogP contribution in [0.2, 0.25) is 0 Å². The highest BCUT2D eigenvalue weighted by Crippen LogP contribution is 2.17. The molecule has 0 saturated heterocycles. The molecule has 7 heteroatoms. The van der Waals surface area contributed by atoms with Gasteiger partial charge in [-0.25, -0.2) is 4.98 Å². The number of benzene rings is 3. The fourth-order valence-corrected chi connectivity index (χ4v) is 3.30. The number of aromatic nitrogens is 2. The number of fused-ring (bicyclic) bond motifs is 1. The van der Waals surface area contributed by atoms with E-state index < -0.39 is 0 Å². The number of carbonyl (C=O) groups is 1. The van der Waals surface area contributed by atoms with Gasteiger partial charge in [0.15, 0.2) is 0 Å². The van der Waals surface area contributed by atoms with Gasteiger partial charge in [-0.15, -0.1) is 0 Å². The minimum absolute atomic E-state index is 0.0803. The summed E-state index contributed by atoms with van der Waals surface area (Å²) in [5, 5.41) is 3.35. The molecule has 4 rings (SSSR count). The molecule has 0 fully saturated rings. The number of methoxy groups -OCH3 is 2. The van der Waals surface area contributed by atoms with Gasteiger partial charge < -0.3 is 14.8 Å². The lowest BCUT2D eigenvalue weighted by Gasteiger charge is -2.15. The van der Waals surface area contributed by atoms with E-state index in [4.69, 9.17) is 9.47 Å². The molecule has 0 aliphatic rings. The lowest BCUT2D eigenvalue weighted by Crippen LogP contribution is -2.30. The molecule has 156 valence electrons. The Morgan fingerprint density at radius 3 is 2.16 bits per heavy atom. The van der Waals surface area contributed by atoms with E-state index in [9.17, 15) is 9.59 Å². The van der Waals surface area contributed by atoms with Crippen molar-refractivity contribution < 1.29 is 14.3 Å². The molecule has 0 spiro atoms. The number of para-hydroxylation sites is 1. The Kier molecular flexibility index (Phi) is 5.66. The number of ether oxygens (including phenoxy) is 2. The van der Waals surface area contributed by atoms with Gasteiger partial charge in [-0.1, -0.05) is 12.1 Å². The van der Waals surface area contributed by atoms with Crippen LogP contribution in [-0.4, -0.2) is 29.7 Å². The van der Waals surface area contributed by atoms with Crippen molar-refractivity contribution in [1.29, 1.82) is 0 Å². The van der Waals surface area contributed by atoms with Gasteiger partial charge in [0.25, 0.3) is 11.5 Å². The second-order valence-electron chi connectivity index (χ2n) is 6.79. The quantitative estimate of drug-likeness (QED) is 0.522. The van der Waals surface area contributed by atoms with Crippen molar-refractivity contribution >= 4 is 16.8 Å². The molecule has 0 aliphatic carbocycles. The Morgan fingerprint density at radius 1 is 0.903 bits per heavy atom. The first kappa shape index (κ1) is 20.2. The highest BCUT2D eigenvalue weighted by molar-refractivity contribution is 5.94. The van der Waals surface area contributed by atoms with Crippen molar-refractivity contribution in [3.05, 3.63) is 94.5 Å². The molecule has 1 amide bonds. The van der Waals surface area contributed by atoms with E-state index >= 15 is 0 Å². The molecule has 0 bridgehead atoms. The number of nitrogens with one attached hydrogen (secondary N) is 1. The first-order chi connectivity index (χ1) is 15.1. The van der Waals surface area contributed by atoms with E-state index in [0.29, 0.717) is 39.5 Å². The normalized spacial score (nSPS) is 10.6. The fourth-order valence-electron chi connectivity index (χ4n) is 3.30. The highest BCUT2D eigenvalue weighted by atomic mass is 16.5. The number of carbonyl (C=O) groups excluding carboxylic acids is 1. The van der Waals surface area contributed by atoms with E-state index in [-0.39, 0.29) is 18.0 Å². The predicted molar refractivity (Wildman–Crippen MR) is 118 cm³/mol. The first-order valence-corrected chi connectivity index (χ1v) is 9.68. The summed E-state index contributed by atoms with van der Waals surface area (Å²) in [6.07, 6.45) is 0. The Hall–Kier alpha value is -4.13. The molecule has 3 aromatic carbocycles. The third-order valence-electron chi connectivity index (χ3n) is 4.94. The lowest BCUT2D eigenvalue weighted by atomic mass is 10.2. The number of amides is 1. The van der Waals surface area contributed by atoms with Gasteiger partial charge in [0.2, 0.25) is 0 Å². The summed E-state index contributed by atoms with van der Waals surface area (Å²) in [4.78, 5) is 30.5. The minimum atomic E-state index is -0.272. The lowest BCUT2D eigenvalue weighted by molar-refractivity contribution is 0.0949. The largest absolute Gasteiger partial charge is 0.497 e. The zero-order valence-electron chi connectivity index (χ0n) is 17.2. The maximum absolute atomic E-state index is 13.3. The van der Waals surface area contributed by atoms with Gasteiger partial charge in [0, 0.05) is 5.56 Å². The topological polar surface area (TPSA) is 82.5 Å². The highest BCUT2D eigenvalue weighted by Gasteiger charge is 2.14. The van der Waals surface area contributed by atoms with E-state index in [1.54, 1.807) is 80.9 Å². The first-order valence-electron chi connectivity index (χ1n) is 9.68. The molecule has 0 unspecified atom stereocenters. The molecular formula is C24H21N3O4. The summed E-state index contributed by atoms with van der Waals surface area (Å²) >= 11 is 0. The summed E-state index contributed by atoms with van der Waals surface area (Å²) in [5.41, 5.74) is 1.49. The molecule has 4 aromatic rings. The second-order valence-corrected chi connectivity index (χ2v) is 6.79. The zero-order chi connectivity index (χ0) is 21.8. The summed E-state index contributed by atoms with van der Waals surface area (Å²) in [6.45, 7) is 0.0803. The van der Waals surface area contributed by atoms with Gasteiger partial charge in [0.1, 0.15) is 17.3 Å². The van der Waals surface area contributed by atoms with Crippen LogP contribution in [0, 0.1) is 0 Å². The number of nitrogens with zero attached hydrogens (tertiary/aromatic N) is 2. The molecule has 0 aliphatic heterocycles. The van der Waals surface area contributed by atoms with Crippen LogP contribution >= 0.6 is 0 Å². The minimum Gasteiger partial charge on any atom is -0.497 e. The average Bonchev–Trinajstić information content (AvgIpc) is 2.83. The molecule has 31 heavy (non-hydrogen) atoms. The number of hydrogen-bond acceptors (Lipinski definition) is 5. The van der Waals surface area contributed by atoms with Crippen LogP contribution < -0.4 is 20.3 Å². The average molecular weight is 415 g/mol. The molecular weight excluding hydrogens is 394 g/mol. The summed E-state index contributed by atoms with van der Waals surface area (Å²) in [7, 11) is 3.15. The SMILES string of the molecule is COc1ccc(C(=O)NCc2nc3ccccc3c(=O)n2-c2ccc(OC)cc2)cc1. The molecule has 7 nitrogen and oxygen atoms in total. The van der Waals surface area contributed by atoms with Crippen molar-refractivity contribution in [2.45, 2.75) is 6.54 Å². The van der Waals surface area contributed by atoms with Crippen molar-refractivity contribution in [2.75, 3.05) is 14.2 Å². The maximum Gasteiger partial charge on any atom is 0.266 e. The zero-order valence-corrected chi connectivity index (χ0v) is 17.2. The van der Waals surface area contributed by atoms with Crippen LogP contribution in [0.15, 0.2) is 77.6 Å². The van der Waals surface area contributed by atoms with E-state index in [1.807, 2.05) is 6.07 Å². The third kappa shape index (κ3) is 4.11. The monoisotopic (exact) mass is 415 g/mol. The molecule has 1 heterocycles. The maximum atomic E-state index is 13.3. The van der Waals surface area contributed by atoms with E-state index in [1.165, 1.54) is 4.57 Å². The predicted octanol–water partition coefficient (Wildman–Crippen LogP) is 3.33. The van der Waals surface area contributed by atoms with Gasteiger partial charge >= 0.3 is 0 Å².